The minimum absolute atomic E-state index is 0.169. The van der Waals surface area contributed by atoms with Crippen molar-refractivity contribution in [3.05, 3.63) is 68.8 Å². The number of rotatable bonds is 7. The molecule has 0 fully saturated rings. The number of aryl methyl sites for hydroxylation is 2. The molecular formula is C25H21Cl2N3O4S. The summed E-state index contributed by atoms with van der Waals surface area (Å²) in [5.74, 6) is -0.801. The molecule has 0 radical (unpaired) electrons. The van der Waals surface area contributed by atoms with E-state index < -0.39 is 11.9 Å². The number of fused-ring (bicyclic) bond motifs is 1. The number of hydrogen-bond acceptors (Lipinski definition) is 7. The number of carbonyl (C=O) groups excluding carboxylic acids is 2. The second kappa shape index (κ2) is 10.6. The Bertz CT molecular complexity index is 1420. The predicted octanol–water partition coefficient (Wildman–Crippen LogP) is 6.48. The Labute approximate surface area is 216 Å². The number of hydrogen-bond donors (Lipinski definition) is 1. The molecule has 10 heteroatoms. The first-order valence-corrected chi connectivity index (χ1v) is 12.3. The van der Waals surface area contributed by atoms with Gasteiger partial charge >= 0.3 is 5.97 Å². The number of nitrogens with one attached hydrogen (secondary N) is 1. The van der Waals surface area contributed by atoms with E-state index in [9.17, 15) is 9.59 Å². The number of halogens is 2. The lowest BCUT2D eigenvalue weighted by molar-refractivity contribution is -0.118. The van der Waals surface area contributed by atoms with Crippen molar-refractivity contribution in [3.63, 3.8) is 0 Å². The summed E-state index contributed by atoms with van der Waals surface area (Å²) in [5.41, 5.74) is 3.48. The molecule has 2 aromatic carbocycles. The lowest BCUT2D eigenvalue weighted by Crippen LogP contribution is -2.21. The molecule has 0 aliphatic rings. The zero-order valence-electron chi connectivity index (χ0n) is 19.1. The number of thiophene rings is 1. The highest BCUT2D eigenvalue weighted by molar-refractivity contribution is 7.17. The largest absolute Gasteiger partial charge is 0.467 e. The van der Waals surface area contributed by atoms with Crippen molar-refractivity contribution in [1.82, 2.24) is 9.97 Å². The van der Waals surface area contributed by atoms with Crippen molar-refractivity contribution in [1.29, 1.82) is 0 Å². The van der Waals surface area contributed by atoms with E-state index in [1.54, 1.807) is 19.1 Å². The monoisotopic (exact) mass is 529 g/mol. The summed E-state index contributed by atoms with van der Waals surface area (Å²) in [6.07, 6.45) is 1.30. The Morgan fingerprint density at radius 1 is 1.09 bits per heavy atom. The fourth-order valence-electron chi connectivity index (χ4n) is 3.58. The average Bonchev–Trinajstić information content (AvgIpc) is 3.13. The predicted molar refractivity (Wildman–Crippen MR) is 139 cm³/mol. The van der Waals surface area contributed by atoms with Crippen molar-refractivity contribution in [2.24, 2.45) is 0 Å². The highest BCUT2D eigenvalue weighted by Crippen LogP contribution is 2.40. The van der Waals surface area contributed by atoms with E-state index in [2.05, 4.69) is 15.3 Å². The van der Waals surface area contributed by atoms with Crippen LogP contribution < -0.4 is 10.1 Å². The van der Waals surface area contributed by atoms with Crippen molar-refractivity contribution < 1.29 is 19.1 Å². The maximum Gasteiger partial charge on any atom is 0.341 e. The summed E-state index contributed by atoms with van der Waals surface area (Å²) in [4.78, 5) is 34.8. The molecule has 4 rings (SSSR count). The van der Waals surface area contributed by atoms with Gasteiger partial charge in [-0.15, -0.1) is 11.3 Å². The van der Waals surface area contributed by atoms with Gasteiger partial charge in [-0.25, -0.2) is 14.8 Å². The molecule has 0 atom stereocenters. The molecular weight excluding hydrogens is 509 g/mol. The smallest absolute Gasteiger partial charge is 0.341 e. The van der Waals surface area contributed by atoms with Crippen LogP contribution in [0.1, 0.15) is 27.7 Å². The average molecular weight is 530 g/mol. The van der Waals surface area contributed by atoms with Gasteiger partial charge in [0.2, 0.25) is 5.88 Å². The van der Waals surface area contributed by atoms with Gasteiger partial charge in [0.25, 0.3) is 5.91 Å². The molecule has 0 saturated carbocycles. The first kappa shape index (κ1) is 24.9. The maximum absolute atomic E-state index is 12.9. The van der Waals surface area contributed by atoms with E-state index in [-0.39, 0.29) is 19.1 Å². The van der Waals surface area contributed by atoms with Crippen molar-refractivity contribution in [2.45, 2.75) is 20.8 Å². The van der Waals surface area contributed by atoms with E-state index in [0.29, 0.717) is 31.5 Å². The fourth-order valence-corrected chi connectivity index (χ4v) is 5.20. The van der Waals surface area contributed by atoms with Gasteiger partial charge in [0.1, 0.15) is 16.9 Å². The van der Waals surface area contributed by atoms with Crippen LogP contribution in [0.3, 0.4) is 0 Å². The van der Waals surface area contributed by atoms with E-state index in [1.807, 2.05) is 38.1 Å². The molecule has 0 aliphatic heterocycles. The van der Waals surface area contributed by atoms with Crippen LogP contribution in [0, 0.1) is 13.8 Å². The molecule has 180 valence electrons. The van der Waals surface area contributed by atoms with Gasteiger partial charge in [-0.3, -0.25) is 4.79 Å². The quantitative estimate of drug-likeness (QED) is 0.275. The summed E-state index contributed by atoms with van der Waals surface area (Å²) in [7, 11) is 0. The number of esters is 1. The van der Waals surface area contributed by atoms with E-state index in [0.717, 1.165) is 21.6 Å². The fraction of sp³-hybridized carbons (Fsp3) is 0.200. The van der Waals surface area contributed by atoms with E-state index in [1.165, 1.54) is 17.7 Å². The third-order valence-corrected chi connectivity index (χ3v) is 6.64. The standard InChI is InChI=1S/C25H21Cl2N3O4S/c1-4-33-25(32)21-20(15-7-5-13(2)6-8-15)14(3)35-24(21)30-19(31)11-34-23-17-9-16(26)10-18(27)22(17)28-12-29-23/h5-10,12H,4,11H2,1-3H3,(H,30,31). The number of nitrogens with zero attached hydrogens (tertiary/aromatic N) is 2. The summed E-state index contributed by atoms with van der Waals surface area (Å²) in [6, 6.07) is 11.0. The van der Waals surface area contributed by atoms with Crippen LogP contribution in [-0.4, -0.2) is 35.1 Å². The highest BCUT2D eigenvalue weighted by atomic mass is 35.5. The molecule has 0 unspecified atom stereocenters. The van der Waals surface area contributed by atoms with Crippen LogP contribution in [0.5, 0.6) is 5.88 Å². The van der Waals surface area contributed by atoms with Crippen LogP contribution >= 0.6 is 34.5 Å². The summed E-state index contributed by atoms with van der Waals surface area (Å²) >= 11 is 13.6. The van der Waals surface area contributed by atoms with Crippen molar-refractivity contribution in [2.75, 3.05) is 18.5 Å². The summed E-state index contributed by atoms with van der Waals surface area (Å²) in [6.45, 7) is 5.48. The summed E-state index contributed by atoms with van der Waals surface area (Å²) < 4.78 is 10.9. The number of aromatic nitrogens is 2. The van der Waals surface area contributed by atoms with Crippen LogP contribution in [0.15, 0.2) is 42.7 Å². The number of ether oxygens (including phenoxy) is 2. The van der Waals surface area contributed by atoms with Gasteiger partial charge in [0.15, 0.2) is 6.61 Å². The lowest BCUT2D eigenvalue weighted by atomic mass is 10.0. The van der Waals surface area contributed by atoms with Crippen LogP contribution in [0.4, 0.5) is 5.00 Å². The minimum atomic E-state index is -0.505. The third kappa shape index (κ3) is 5.40. The van der Waals surface area contributed by atoms with Crippen molar-refractivity contribution in [3.8, 4) is 17.0 Å². The Balaban J connectivity index is 1.60. The third-order valence-electron chi connectivity index (χ3n) is 5.12. The molecule has 4 aromatic rings. The van der Waals surface area contributed by atoms with Crippen LogP contribution in [-0.2, 0) is 9.53 Å². The molecule has 2 heterocycles. The molecule has 0 spiro atoms. The Hall–Kier alpha value is -3.20. The number of benzene rings is 2. The summed E-state index contributed by atoms with van der Waals surface area (Å²) in [5, 5.41) is 4.41. The number of anilines is 1. The molecule has 35 heavy (non-hydrogen) atoms. The van der Waals surface area contributed by atoms with Gasteiger partial charge in [-0.2, -0.15) is 0 Å². The topological polar surface area (TPSA) is 90.4 Å². The molecule has 0 aliphatic carbocycles. The first-order chi connectivity index (χ1) is 16.8. The van der Waals surface area contributed by atoms with Gasteiger partial charge in [-0.05, 0) is 38.5 Å². The number of amides is 1. The highest BCUT2D eigenvalue weighted by Gasteiger charge is 2.25. The maximum atomic E-state index is 12.9. The Kier molecular flexibility index (Phi) is 7.54. The van der Waals surface area contributed by atoms with Gasteiger partial charge in [0.05, 0.1) is 22.5 Å². The molecule has 1 N–H and O–H groups in total. The second-order valence-corrected chi connectivity index (χ2v) is 9.69. The van der Waals surface area contributed by atoms with Crippen LogP contribution in [0.25, 0.3) is 22.0 Å². The number of carbonyl (C=O) groups is 2. The van der Waals surface area contributed by atoms with E-state index >= 15 is 0 Å². The molecule has 1 amide bonds. The molecule has 2 aromatic heterocycles. The van der Waals surface area contributed by atoms with Crippen molar-refractivity contribution >= 4 is 62.3 Å². The molecule has 0 saturated heterocycles. The van der Waals surface area contributed by atoms with Gasteiger partial charge in [-0.1, -0.05) is 53.0 Å². The van der Waals surface area contributed by atoms with Gasteiger partial charge in [0, 0.05) is 15.5 Å². The zero-order valence-corrected chi connectivity index (χ0v) is 21.5. The molecule has 7 nitrogen and oxygen atoms in total. The zero-order chi connectivity index (χ0) is 25.1. The molecule has 0 bridgehead atoms. The Morgan fingerprint density at radius 2 is 1.83 bits per heavy atom. The Morgan fingerprint density at radius 3 is 2.54 bits per heavy atom. The van der Waals surface area contributed by atoms with Gasteiger partial charge < -0.3 is 14.8 Å². The van der Waals surface area contributed by atoms with Crippen LogP contribution in [0.2, 0.25) is 10.0 Å². The second-order valence-electron chi connectivity index (χ2n) is 7.62. The minimum Gasteiger partial charge on any atom is -0.467 e. The van der Waals surface area contributed by atoms with E-state index in [4.69, 9.17) is 32.7 Å². The lowest BCUT2D eigenvalue weighted by Gasteiger charge is -2.11. The SMILES string of the molecule is CCOC(=O)c1c(NC(=O)COc2ncnc3c(Cl)cc(Cl)cc23)sc(C)c1-c1ccc(C)cc1. The first-order valence-electron chi connectivity index (χ1n) is 10.7. The normalized spacial score (nSPS) is 10.9.